The summed E-state index contributed by atoms with van der Waals surface area (Å²) in [5.41, 5.74) is 2.67. The van der Waals surface area contributed by atoms with Crippen molar-refractivity contribution in [1.82, 2.24) is 0 Å². The second-order valence-corrected chi connectivity index (χ2v) is 5.25. The molecule has 0 spiro atoms. The lowest BCUT2D eigenvalue weighted by Gasteiger charge is -2.04. The molecule has 0 saturated heterocycles. The molecule has 0 unspecified atom stereocenters. The molecule has 0 aliphatic carbocycles. The molecular weight excluding hydrogens is 286 g/mol. The van der Waals surface area contributed by atoms with Crippen LogP contribution in [0, 0.1) is 0 Å². The number of ether oxygens (including phenoxy) is 1. The molecular formula is C20H17NO2. The molecule has 3 aromatic rings. The number of rotatable bonds is 4. The molecule has 0 radical (unpaired) electrons. The van der Waals surface area contributed by atoms with Crippen LogP contribution in [0.1, 0.15) is 11.1 Å². The van der Waals surface area contributed by atoms with Gasteiger partial charge in [-0.2, -0.15) is 0 Å². The van der Waals surface area contributed by atoms with Gasteiger partial charge in [-0.25, -0.2) is 0 Å². The maximum atomic E-state index is 11.5. The van der Waals surface area contributed by atoms with Gasteiger partial charge in [0.1, 0.15) is 0 Å². The summed E-state index contributed by atoms with van der Waals surface area (Å²) in [5, 5.41) is 2.38. The van der Waals surface area contributed by atoms with Crippen molar-refractivity contribution < 1.29 is 9.53 Å². The van der Waals surface area contributed by atoms with E-state index in [1.807, 2.05) is 48.7 Å². The van der Waals surface area contributed by atoms with Gasteiger partial charge < -0.3 is 4.74 Å². The highest BCUT2D eigenvalue weighted by Crippen LogP contribution is 2.20. The smallest absolute Gasteiger partial charge is 0.310 e. The molecule has 0 aliphatic rings. The molecule has 0 saturated carbocycles. The maximum absolute atomic E-state index is 11.5. The Kier molecular flexibility index (Phi) is 4.48. The van der Waals surface area contributed by atoms with Crippen LogP contribution < -0.4 is 0 Å². The minimum atomic E-state index is -0.265. The molecule has 114 valence electrons. The molecule has 0 fully saturated rings. The quantitative estimate of drug-likeness (QED) is 0.532. The Bertz CT molecular complexity index is 868. The summed E-state index contributed by atoms with van der Waals surface area (Å²) in [7, 11) is 1.39. The SMILES string of the molecule is COC(=O)Cc1ccccc1N=Cc1ccc2ccccc2c1. The van der Waals surface area contributed by atoms with E-state index in [-0.39, 0.29) is 12.4 Å². The largest absolute Gasteiger partial charge is 0.469 e. The Morgan fingerprint density at radius 1 is 1.00 bits per heavy atom. The number of benzene rings is 3. The fraction of sp³-hybridized carbons (Fsp3) is 0.100. The van der Waals surface area contributed by atoms with Crippen LogP contribution in [-0.2, 0) is 16.0 Å². The van der Waals surface area contributed by atoms with E-state index in [2.05, 4.69) is 29.3 Å². The molecule has 3 heteroatoms. The van der Waals surface area contributed by atoms with Crippen LogP contribution in [0.15, 0.2) is 71.7 Å². The van der Waals surface area contributed by atoms with E-state index in [9.17, 15) is 4.79 Å². The van der Waals surface area contributed by atoms with Gasteiger partial charge >= 0.3 is 5.97 Å². The molecule has 3 rings (SSSR count). The van der Waals surface area contributed by atoms with Gasteiger partial charge in [0.15, 0.2) is 0 Å². The zero-order valence-corrected chi connectivity index (χ0v) is 12.9. The lowest BCUT2D eigenvalue weighted by molar-refractivity contribution is -0.139. The first-order valence-corrected chi connectivity index (χ1v) is 7.44. The zero-order chi connectivity index (χ0) is 16.1. The number of hydrogen-bond acceptors (Lipinski definition) is 3. The van der Waals surface area contributed by atoms with Crippen molar-refractivity contribution in [1.29, 1.82) is 0 Å². The summed E-state index contributed by atoms with van der Waals surface area (Å²) >= 11 is 0. The summed E-state index contributed by atoms with van der Waals surface area (Å²) in [5.74, 6) is -0.265. The van der Waals surface area contributed by atoms with Crippen molar-refractivity contribution in [3.63, 3.8) is 0 Å². The second kappa shape index (κ2) is 6.88. The summed E-state index contributed by atoms with van der Waals surface area (Å²) in [6.45, 7) is 0. The van der Waals surface area contributed by atoms with Crippen LogP contribution >= 0.6 is 0 Å². The summed E-state index contributed by atoms with van der Waals surface area (Å²) in [6.07, 6.45) is 2.05. The van der Waals surface area contributed by atoms with Gasteiger partial charge in [-0.1, -0.05) is 54.6 Å². The molecule has 0 N–H and O–H groups in total. The highest BCUT2D eigenvalue weighted by atomic mass is 16.5. The van der Waals surface area contributed by atoms with Crippen LogP contribution in [0.5, 0.6) is 0 Å². The molecule has 0 amide bonds. The first-order chi connectivity index (χ1) is 11.3. The van der Waals surface area contributed by atoms with Crippen molar-refractivity contribution in [2.45, 2.75) is 6.42 Å². The van der Waals surface area contributed by atoms with Gasteiger partial charge in [0.2, 0.25) is 0 Å². The van der Waals surface area contributed by atoms with E-state index >= 15 is 0 Å². The number of aliphatic imine (C=N–C) groups is 1. The van der Waals surface area contributed by atoms with E-state index in [4.69, 9.17) is 4.74 Å². The van der Waals surface area contributed by atoms with Gasteiger partial charge in [-0.15, -0.1) is 0 Å². The van der Waals surface area contributed by atoms with Crippen molar-refractivity contribution in [2.75, 3.05) is 7.11 Å². The topological polar surface area (TPSA) is 38.7 Å². The van der Waals surface area contributed by atoms with Crippen LogP contribution in [-0.4, -0.2) is 19.3 Å². The Labute approximate surface area is 135 Å². The molecule has 23 heavy (non-hydrogen) atoms. The third-order valence-corrected chi connectivity index (χ3v) is 3.68. The van der Waals surface area contributed by atoms with Crippen molar-refractivity contribution in [3.05, 3.63) is 77.9 Å². The number of esters is 1. The number of carbonyl (C=O) groups is 1. The summed E-state index contributed by atoms with van der Waals surface area (Å²) in [4.78, 5) is 16.0. The Hall–Kier alpha value is -2.94. The number of hydrogen-bond donors (Lipinski definition) is 0. The third-order valence-electron chi connectivity index (χ3n) is 3.68. The predicted octanol–water partition coefficient (Wildman–Crippen LogP) is 4.31. The van der Waals surface area contributed by atoms with E-state index in [0.29, 0.717) is 0 Å². The van der Waals surface area contributed by atoms with Crippen molar-refractivity contribution in [2.24, 2.45) is 4.99 Å². The van der Waals surface area contributed by atoms with Crippen LogP contribution in [0.25, 0.3) is 10.8 Å². The molecule has 3 nitrogen and oxygen atoms in total. The number of nitrogens with zero attached hydrogens (tertiary/aromatic N) is 1. The standard InChI is InChI=1S/C20H17NO2/c1-23-20(22)13-18-8-4-5-9-19(18)21-14-15-10-11-16-6-2-3-7-17(16)12-15/h2-12,14H,13H2,1H3. The number of para-hydroxylation sites is 1. The normalized spacial score (nSPS) is 11.0. The zero-order valence-electron chi connectivity index (χ0n) is 12.9. The number of fused-ring (bicyclic) bond motifs is 1. The van der Waals surface area contributed by atoms with Gasteiger partial charge in [-0.05, 0) is 34.0 Å². The van der Waals surface area contributed by atoms with Gasteiger partial charge in [-0.3, -0.25) is 9.79 Å². The average Bonchev–Trinajstić information content (AvgIpc) is 2.60. The predicted molar refractivity (Wildman–Crippen MR) is 93.4 cm³/mol. The minimum Gasteiger partial charge on any atom is -0.469 e. The van der Waals surface area contributed by atoms with E-state index in [1.54, 1.807) is 0 Å². The average molecular weight is 303 g/mol. The van der Waals surface area contributed by atoms with E-state index in [1.165, 1.54) is 17.9 Å². The Balaban J connectivity index is 1.88. The second-order valence-electron chi connectivity index (χ2n) is 5.25. The van der Waals surface area contributed by atoms with E-state index in [0.717, 1.165) is 16.8 Å². The summed E-state index contributed by atoms with van der Waals surface area (Å²) in [6, 6.07) is 22.0. The van der Waals surface area contributed by atoms with E-state index < -0.39 is 0 Å². The molecule has 0 heterocycles. The first kappa shape index (κ1) is 15.0. The van der Waals surface area contributed by atoms with Crippen LogP contribution in [0.2, 0.25) is 0 Å². The van der Waals surface area contributed by atoms with Crippen molar-refractivity contribution in [3.8, 4) is 0 Å². The molecule has 0 atom stereocenters. The molecule has 3 aromatic carbocycles. The van der Waals surface area contributed by atoms with Crippen molar-refractivity contribution >= 4 is 28.6 Å². The fourth-order valence-electron chi connectivity index (χ4n) is 2.45. The Morgan fingerprint density at radius 2 is 1.74 bits per heavy atom. The highest BCUT2D eigenvalue weighted by molar-refractivity contribution is 5.91. The molecule has 0 aromatic heterocycles. The lowest BCUT2D eigenvalue weighted by atomic mass is 10.1. The first-order valence-electron chi connectivity index (χ1n) is 7.44. The van der Waals surface area contributed by atoms with Gasteiger partial charge in [0.05, 0.1) is 19.2 Å². The van der Waals surface area contributed by atoms with Gasteiger partial charge in [0, 0.05) is 6.21 Å². The maximum Gasteiger partial charge on any atom is 0.310 e. The fourth-order valence-corrected chi connectivity index (χ4v) is 2.45. The minimum absolute atomic E-state index is 0.224. The van der Waals surface area contributed by atoms with Gasteiger partial charge in [0.25, 0.3) is 0 Å². The summed E-state index contributed by atoms with van der Waals surface area (Å²) < 4.78 is 4.73. The Morgan fingerprint density at radius 3 is 2.57 bits per heavy atom. The van der Waals surface area contributed by atoms with Crippen LogP contribution in [0.4, 0.5) is 5.69 Å². The number of carbonyl (C=O) groups excluding carboxylic acids is 1. The highest BCUT2D eigenvalue weighted by Gasteiger charge is 2.06. The monoisotopic (exact) mass is 303 g/mol. The molecule has 0 bridgehead atoms. The van der Waals surface area contributed by atoms with Crippen LogP contribution in [0.3, 0.4) is 0 Å². The third kappa shape index (κ3) is 3.64. The lowest BCUT2D eigenvalue weighted by Crippen LogP contribution is -2.04. The molecule has 0 aliphatic heterocycles. The number of methoxy groups -OCH3 is 1.